The van der Waals surface area contributed by atoms with Gasteiger partial charge in [-0.2, -0.15) is 5.10 Å². The van der Waals surface area contributed by atoms with Crippen molar-refractivity contribution in [1.29, 1.82) is 0 Å². The summed E-state index contributed by atoms with van der Waals surface area (Å²) < 4.78 is 9.95. The molecule has 0 bridgehead atoms. The van der Waals surface area contributed by atoms with Crippen LogP contribution < -0.4 is 10.4 Å². The van der Waals surface area contributed by atoms with E-state index in [0.29, 0.717) is 37.5 Å². The molecular formula is C25H18Cl2N6O4S. The Balaban J connectivity index is 1.71. The van der Waals surface area contributed by atoms with E-state index in [4.69, 9.17) is 27.6 Å². The summed E-state index contributed by atoms with van der Waals surface area (Å²) in [5.41, 5.74) is 2.42. The van der Waals surface area contributed by atoms with Gasteiger partial charge in [0.05, 0.1) is 34.4 Å². The van der Waals surface area contributed by atoms with Gasteiger partial charge in [-0.05, 0) is 43.3 Å². The van der Waals surface area contributed by atoms with Gasteiger partial charge in [0.15, 0.2) is 11.4 Å². The number of thiazole rings is 1. The molecule has 0 fully saturated rings. The highest BCUT2D eigenvalue weighted by molar-refractivity contribution is 7.07. The first kappa shape index (κ1) is 25.5. The SMILES string of the molecule is Cc1c(N=c2scc(-c3cc(Cl)ccc3Cl)n2N=Cc2ccc([N+](=O)[O-])o2)c(=O)n(-c2ccccc2)n1C. The van der Waals surface area contributed by atoms with Crippen molar-refractivity contribution in [1.82, 2.24) is 14.0 Å². The van der Waals surface area contributed by atoms with Crippen LogP contribution in [0, 0.1) is 17.0 Å². The summed E-state index contributed by atoms with van der Waals surface area (Å²) in [5.74, 6) is -0.252. The van der Waals surface area contributed by atoms with Gasteiger partial charge in [0.1, 0.15) is 4.92 Å². The number of nitrogens with zero attached hydrogens (tertiary/aromatic N) is 6. The topological polar surface area (TPSA) is 113 Å². The Morgan fingerprint density at radius 2 is 1.87 bits per heavy atom. The summed E-state index contributed by atoms with van der Waals surface area (Å²) in [6.45, 7) is 1.80. The Morgan fingerprint density at radius 1 is 1.11 bits per heavy atom. The number of hydrogen-bond donors (Lipinski definition) is 0. The summed E-state index contributed by atoms with van der Waals surface area (Å²) in [7, 11) is 1.78. The van der Waals surface area contributed by atoms with E-state index in [1.165, 1.54) is 39.0 Å². The molecule has 0 amide bonds. The second kappa shape index (κ2) is 10.3. The molecule has 5 rings (SSSR count). The van der Waals surface area contributed by atoms with Crippen molar-refractivity contribution in [2.75, 3.05) is 0 Å². The molecule has 192 valence electrons. The number of rotatable bonds is 6. The van der Waals surface area contributed by atoms with E-state index in [1.807, 2.05) is 30.3 Å². The van der Waals surface area contributed by atoms with Crippen LogP contribution in [0.5, 0.6) is 0 Å². The van der Waals surface area contributed by atoms with E-state index in [-0.39, 0.29) is 17.0 Å². The highest BCUT2D eigenvalue weighted by Crippen LogP contribution is 2.31. The molecule has 0 aliphatic carbocycles. The highest BCUT2D eigenvalue weighted by Gasteiger charge is 2.18. The summed E-state index contributed by atoms with van der Waals surface area (Å²) in [6.07, 6.45) is 1.32. The van der Waals surface area contributed by atoms with E-state index in [0.717, 1.165) is 0 Å². The maximum atomic E-state index is 13.4. The molecule has 13 heteroatoms. The van der Waals surface area contributed by atoms with Crippen LogP contribution in [0.1, 0.15) is 11.5 Å². The number of nitro groups is 1. The van der Waals surface area contributed by atoms with Crippen LogP contribution in [-0.4, -0.2) is 25.2 Å². The maximum Gasteiger partial charge on any atom is 0.433 e. The molecule has 0 radical (unpaired) electrons. The molecule has 0 aliphatic heterocycles. The highest BCUT2D eigenvalue weighted by atomic mass is 35.5. The fourth-order valence-corrected chi connectivity index (χ4v) is 4.99. The van der Waals surface area contributed by atoms with Crippen LogP contribution in [0.3, 0.4) is 0 Å². The Bertz CT molecular complexity index is 1830. The van der Waals surface area contributed by atoms with Gasteiger partial charge in [-0.1, -0.05) is 41.4 Å². The average molecular weight is 569 g/mol. The molecule has 0 atom stereocenters. The Kier molecular flexibility index (Phi) is 6.89. The van der Waals surface area contributed by atoms with E-state index >= 15 is 0 Å². The van der Waals surface area contributed by atoms with E-state index in [9.17, 15) is 14.9 Å². The van der Waals surface area contributed by atoms with Gasteiger partial charge in [0.25, 0.3) is 5.56 Å². The van der Waals surface area contributed by atoms with Crippen molar-refractivity contribution < 1.29 is 9.34 Å². The van der Waals surface area contributed by atoms with Gasteiger partial charge in [-0.25, -0.2) is 14.4 Å². The molecule has 0 spiro atoms. The van der Waals surface area contributed by atoms with E-state index < -0.39 is 10.8 Å². The number of halogens is 2. The molecule has 3 aromatic heterocycles. The predicted molar refractivity (Wildman–Crippen MR) is 147 cm³/mol. The maximum absolute atomic E-state index is 13.4. The van der Waals surface area contributed by atoms with Gasteiger partial charge in [-0.3, -0.25) is 19.6 Å². The van der Waals surface area contributed by atoms with Gasteiger partial charge in [0.2, 0.25) is 4.80 Å². The molecule has 2 aromatic carbocycles. The fourth-order valence-electron chi connectivity index (χ4n) is 3.77. The van der Waals surface area contributed by atoms with Gasteiger partial charge in [-0.15, -0.1) is 11.3 Å². The lowest BCUT2D eigenvalue weighted by Gasteiger charge is -2.07. The van der Waals surface area contributed by atoms with Crippen molar-refractivity contribution in [3.05, 3.63) is 113 Å². The molecule has 5 aromatic rings. The van der Waals surface area contributed by atoms with E-state index in [1.54, 1.807) is 42.2 Å². The first-order valence-corrected chi connectivity index (χ1v) is 12.7. The van der Waals surface area contributed by atoms with Gasteiger partial charge >= 0.3 is 5.88 Å². The summed E-state index contributed by atoms with van der Waals surface area (Å²) in [5, 5.41) is 18.2. The van der Waals surface area contributed by atoms with Crippen LogP contribution in [0.15, 0.2) is 85.3 Å². The van der Waals surface area contributed by atoms with Gasteiger partial charge in [0, 0.05) is 23.0 Å². The fraction of sp³-hybridized carbons (Fsp3) is 0.0800. The summed E-state index contributed by atoms with van der Waals surface area (Å²) in [6, 6.07) is 16.9. The van der Waals surface area contributed by atoms with Crippen LogP contribution in [0.25, 0.3) is 16.9 Å². The van der Waals surface area contributed by atoms with Crippen molar-refractivity contribution in [2.45, 2.75) is 6.92 Å². The molecule has 0 saturated heterocycles. The third-order valence-electron chi connectivity index (χ3n) is 5.71. The van der Waals surface area contributed by atoms with Gasteiger partial charge < -0.3 is 4.42 Å². The van der Waals surface area contributed by atoms with Crippen LogP contribution >= 0.6 is 34.5 Å². The molecule has 0 saturated carbocycles. The molecular weight excluding hydrogens is 551 g/mol. The smallest absolute Gasteiger partial charge is 0.400 e. The van der Waals surface area contributed by atoms with Crippen LogP contribution in [0.4, 0.5) is 11.6 Å². The van der Waals surface area contributed by atoms with Crippen molar-refractivity contribution in [3.8, 4) is 16.9 Å². The lowest BCUT2D eigenvalue weighted by Crippen LogP contribution is -2.19. The third kappa shape index (κ3) is 4.74. The second-order valence-corrected chi connectivity index (χ2v) is 9.72. The molecule has 0 unspecified atom stereocenters. The Morgan fingerprint density at radius 3 is 2.58 bits per heavy atom. The number of furan rings is 1. The number of benzene rings is 2. The standard InChI is InChI=1S/C25H18Cl2N6O4S/c1-15-23(24(34)32(30(15)2)17-6-4-3-5-7-17)29-25-31(28-13-18-9-11-22(37-18)33(35)36)21(14-38-25)19-12-16(26)8-10-20(19)27/h3-14H,1-2H3. The first-order valence-electron chi connectivity index (χ1n) is 11.1. The second-order valence-electron chi connectivity index (χ2n) is 8.04. The van der Waals surface area contributed by atoms with E-state index in [2.05, 4.69) is 10.1 Å². The first-order chi connectivity index (χ1) is 18.2. The minimum absolute atomic E-state index is 0.159. The minimum atomic E-state index is -0.636. The molecule has 3 heterocycles. The van der Waals surface area contributed by atoms with Crippen molar-refractivity contribution in [2.24, 2.45) is 17.1 Å². The van der Waals surface area contributed by atoms with Crippen molar-refractivity contribution in [3.63, 3.8) is 0 Å². The minimum Gasteiger partial charge on any atom is -0.400 e. The van der Waals surface area contributed by atoms with Crippen LogP contribution in [0.2, 0.25) is 10.0 Å². The molecule has 10 nitrogen and oxygen atoms in total. The van der Waals surface area contributed by atoms with Crippen molar-refractivity contribution >= 4 is 52.3 Å². The zero-order chi connectivity index (χ0) is 27.0. The monoisotopic (exact) mass is 568 g/mol. The van der Waals surface area contributed by atoms with Crippen LogP contribution in [-0.2, 0) is 7.05 Å². The number of hydrogen-bond acceptors (Lipinski definition) is 7. The Labute approximate surface area is 229 Å². The average Bonchev–Trinajstić information content (AvgIpc) is 3.59. The number of aromatic nitrogens is 3. The largest absolute Gasteiger partial charge is 0.433 e. The molecule has 38 heavy (non-hydrogen) atoms. The predicted octanol–water partition coefficient (Wildman–Crippen LogP) is 5.94. The lowest BCUT2D eigenvalue weighted by molar-refractivity contribution is -0.402. The normalized spacial score (nSPS) is 12.1. The zero-order valence-corrected chi connectivity index (χ0v) is 22.2. The number of para-hydroxylation sites is 1. The zero-order valence-electron chi connectivity index (χ0n) is 19.9. The summed E-state index contributed by atoms with van der Waals surface area (Å²) >= 11 is 13.9. The third-order valence-corrected chi connectivity index (χ3v) is 7.09. The lowest BCUT2D eigenvalue weighted by atomic mass is 10.2. The molecule has 0 N–H and O–H groups in total. The summed E-state index contributed by atoms with van der Waals surface area (Å²) in [4.78, 5) is 28.8. The Hall–Kier alpha value is -4.19. The quantitative estimate of drug-likeness (QED) is 0.143. The molecule has 0 aliphatic rings.